The number of unbranched alkanes of at least 4 members (excludes halogenated alkanes) is 5. The van der Waals surface area contributed by atoms with Crippen molar-refractivity contribution in [3.8, 4) is 0 Å². The first kappa shape index (κ1) is 20.6. The fourth-order valence-electron chi connectivity index (χ4n) is 3.09. The summed E-state index contributed by atoms with van der Waals surface area (Å²) < 4.78 is 0. The average molecular weight is 335 g/mol. The van der Waals surface area contributed by atoms with Crippen LogP contribution in [0.3, 0.4) is 0 Å². The summed E-state index contributed by atoms with van der Waals surface area (Å²) >= 11 is 0. The molecule has 0 aromatic carbocycles. The zero-order valence-corrected chi connectivity index (χ0v) is 14.8. The van der Waals surface area contributed by atoms with E-state index < -0.39 is 12.1 Å². The van der Waals surface area contributed by atoms with E-state index in [2.05, 4.69) is 6.92 Å². The smallest absolute Gasteiger partial charge is 0.144 e. The summed E-state index contributed by atoms with van der Waals surface area (Å²) in [7, 11) is 0. The van der Waals surface area contributed by atoms with E-state index in [1.54, 1.807) is 0 Å². The van der Waals surface area contributed by atoms with E-state index in [4.69, 9.17) is 0 Å². The maximum atomic E-state index is 12.0. The van der Waals surface area contributed by atoms with Crippen molar-refractivity contribution in [3.05, 3.63) is 23.8 Å². The SMILES string of the molecule is CCCCCC(O)/C=C/C1=CCC(=O)[C@@H]1CCCCCCC(=O)[O-]. The van der Waals surface area contributed by atoms with Gasteiger partial charge in [0.05, 0.1) is 6.10 Å². The molecule has 0 spiro atoms. The third-order valence-corrected chi connectivity index (χ3v) is 4.57. The normalized spacial score (nSPS) is 19.0. The molecule has 0 aromatic heterocycles. The molecule has 0 saturated heterocycles. The Morgan fingerprint density at radius 1 is 1.29 bits per heavy atom. The molecule has 1 aliphatic carbocycles. The van der Waals surface area contributed by atoms with Crippen LogP contribution in [0.4, 0.5) is 0 Å². The molecule has 1 rings (SSSR count). The molecule has 1 unspecified atom stereocenters. The van der Waals surface area contributed by atoms with E-state index in [1.807, 2.05) is 18.2 Å². The Hall–Kier alpha value is -1.42. The zero-order valence-electron chi connectivity index (χ0n) is 14.8. The van der Waals surface area contributed by atoms with Gasteiger partial charge in [0.15, 0.2) is 0 Å². The number of rotatable bonds is 13. The molecule has 0 saturated carbocycles. The maximum Gasteiger partial charge on any atom is 0.144 e. The van der Waals surface area contributed by atoms with E-state index in [1.165, 1.54) is 0 Å². The second-order valence-corrected chi connectivity index (χ2v) is 6.67. The van der Waals surface area contributed by atoms with Gasteiger partial charge in [-0.25, -0.2) is 0 Å². The molecular weight excluding hydrogens is 304 g/mol. The van der Waals surface area contributed by atoms with Gasteiger partial charge < -0.3 is 15.0 Å². The van der Waals surface area contributed by atoms with Crippen LogP contribution in [0, 0.1) is 5.92 Å². The Kier molecular flexibility index (Phi) is 10.3. The van der Waals surface area contributed by atoms with Gasteiger partial charge in [-0.05, 0) is 31.3 Å². The number of aliphatic carboxylic acids is 1. The molecule has 4 heteroatoms. The Labute approximate surface area is 145 Å². The molecule has 136 valence electrons. The Balaban J connectivity index is 2.31. The third-order valence-electron chi connectivity index (χ3n) is 4.57. The molecule has 0 radical (unpaired) electrons. The predicted octanol–water partition coefficient (Wildman–Crippen LogP) is 3.09. The third kappa shape index (κ3) is 8.44. The predicted molar refractivity (Wildman–Crippen MR) is 93.2 cm³/mol. The van der Waals surface area contributed by atoms with E-state index >= 15 is 0 Å². The van der Waals surface area contributed by atoms with Crippen LogP contribution >= 0.6 is 0 Å². The Bertz CT molecular complexity index is 451. The number of ketones is 1. The van der Waals surface area contributed by atoms with Gasteiger partial charge in [-0.15, -0.1) is 0 Å². The molecule has 0 aliphatic heterocycles. The van der Waals surface area contributed by atoms with Crippen molar-refractivity contribution in [2.75, 3.05) is 0 Å². The summed E-state index contributed by atoms with van der Waals surface area (Å²) in [6, 6.07) is 0. The second kappa shape index (κ2) is 12.0. The first-order valence-corrected chi connectivity index (χ1v) is 9.33. The van der Waals surface area contributed by atoms with Crippen molar-refractivity contribution in [1.29, 1.82) is 0 Å². The number of carbonyl (C=O) groups excluding carboxylic acids is 2. The topological polar surface area (TPSA) is 77.4 Å². The number of hydrogen-bond donors (Lipinski definition) is 1. The van der Waals surface area contributed by atoms with Crippen molar-refractivity contribution in [1.82, 2.24) is 0 Å². The van der Waals surface area contributed by atoms with E-state index in [0.717, 1.165) is 56.9 Å². The highest BCUT2D eigenvalue weighted by molar-refractivity contribution is 5.89. The highest BCUT2D eigenvalue weighted by atomic mass is 16.4. The lowest BCUT2D eigenvalue weighted by Gasteiger charge is -2.12. The van der Waals surface area contributed by atoms with Crippen LogP contribution in [-0.4, -0.2) is 23.0 Å². The van der Waals surface area contributed by atoms with Crippen LogP contribution in [0.15, 0.2) is 23.8 Å². The van der Waals surface area contributed by atoms with Gasteiger partial charge in [-0.1, -0.05) is 63.7 Å². The first-order chi connectivity index (χ1) is 11.5. The Morgan fingerprint density at radius 3 is 2.75 bits per heavy atom. The van der Waals surface area contributed by atoms with Crippen molar-refractivity contribution in [2.45, 2.75) is 83.7 Å². The van der Waals surface area contributed by atoms with Crippen LogP contribution in [0.5, 0.6) is 0 Å². The summed E-state index contributed by atoms with van der Waals surface area (Å²) in [5.41, 5.74) is 1.03. The monoisotopic (exact) mass is 335 g/mol. The largest absolute Gasteiger partial charge is 0.550 e. The number of aliphatic hydroxyl groups is 1. The number of carboxylic acid groups (broad SMARTS) is 1. The minimum atomic E-state index is -0.992. The number of carbonyl (C=O) groups is 2. The van der Waals surface area contributed by atoms with E-state index in [-0.39, 0.29) is 18.1 Å². The molecule has 1 N–H and O–H groups in total. The highest BCUT2D eigenvalue weighted by Gasteiger charge is 2.25. The van der Waals surface area contributed by atoms with Crippen molar-refractivity contribution in [3.63, 3.8) is 0 Å². The summed E-state index contributed by atoms with van der Waals surface area (Å²) in [5.74, 6) is -0.788. The number of carboxylic acids is 1. The standard InChI is InChI=1S/C20H32O4/c1-2-3-6-9-17(21)14-12-16-13-15-19(22)18(16)10-7-4-5-8-11-20(23)24/h12-14,17-18,21H,2-11,15H2,1H3,(H,23,24)/p-1/b14-12+/t17?,18-/m1/s1. The average Bonchev–Trinajstić information content (AvgIpc) is 2.89. The van der Waals surface area contributed by atoms with Crippen molar-refractivity contribution >= 4 is 11.8 Å². The maximum absolute atomic E-state index is 12.0. The summed E-state index contributed by atoms with van der Waals surface area (Å²) in [6.45, 7) is 2.14. The van der Waals surface area contributed by atoms with Crippen LogP contribution in [0.2, 0.25) is 0 Å². The lowest BCUT2D eigenvalue weighted by atomic mass is 9.92. The van der Waals surface area contributed by atoms with Crippen LogP contribution in [-0.2, 0) is 9.59 Å². The first-order valence-electron chi connectivity index (χ1n) is 9.33. The van der Waals surface area contributed by atoms with Crippen LogP contribution in [0.1, 0.15) is 77.6 Å². The van der Waals surface area contributed by atoms with E-state index in [9.17, 15) is 19.8 Å². The number of hydrogen-bond acceptors (Lipinski definition) is 4. The second-order valence-electron chi connectivity index (χ2n) is 6.67. The summed E-state index contributed by atoms with van der Waals surface area (Å²) in [6.07, 6.45) is 14.1. The zero-order chi connectivity index (χ0) is 17.8. The molecule has 2 atom stereocenters. The minimum Gasteiger partial charge on any atom is -0.550 e. The number of allylic oxidation sites excluding steroid dienone is 3. The Morgan fingerprint density at radius 2 is 2.04 bits per heavy atom. The summed E-state index contributed by atoms with van der Waals surface area (Å²) in [5, 5.41) is 20.3. The lowest BCUT2D eigenvalue weighted by molar-refractivity contribution is -0.305. The van der Waals surface area contributed by atoms with Gasteiger partial charge >= 0.3 is 0 Å². The molecule has 1 aliphatic rings. The molecular formula is C20H31O4-. The van der Waals surface area contributed by atoms with Crippen LogP contribution in [0.25, 0.3) is 0 Å². The van der Waals surface area contributed by atoms with Crippen molar-refractivity contribution in [2.24, 2.45) is 5.92 Å². The lowest BCUT2D eigenvalue weighted by Crippen LogP contribution is -2.21. The number of aliphatic hydroxyl groups excluding tert-OH is 1. The minimum absolute atomic E-state index is 0.0507. The van der Waals surface area contributed by atoms with Crippen molar-refractivity contribution < 1.29 is 19.8 Å². The van der Waals surface area contributed by atoms with Gasteiger partial charge in [0.2, 0.25) is 0 Å². The molecule has 0 fully saturated rings. The van der Waals surface area contributed by atoms with Crippen LogP contribution < -0.4 is 5.11 Å². The van der Waals surface area contributed by atoms with Gasteiger partial charge in [-0.3, -0.25) is 4.79 Å². The highest BCUT2D eigenvalue weighted by Crippen LogP contribution is 2.29. The van der Waals surface area contributed by atoms with Gasteiger partial charge in [0.1, 0.15) is 5.78 Å². The quantitative estimate of drug-likeness (QED) is 0.525. The fourth-order valence-corrected chi connectivity index (χ4v) is 3.09. The summed E-state index contributed by atoms with van der Waals surface area (Å²) in [4.78, 5) is 22.4. The number of Topliss-reactive ketones (excluding diaryl/α,β-unsaturated/α-hetero) is 1. The molecule has 0 aromatic rings. The molecule has 0 bridgehead atoms. The van der Waals surface area contributed by atoms with Gasteiger partial charge in [0.25, 0.3) is 0 Å². The van der Waals surface area contributed by atoms with E-state index in [0.29, 0.717) is 12.8 Å². The molecule has 24 heavy (non-hydrogen) atoms. The molecule has 0 heterocycles. The molecule has 4 nitrogen and oxygen atoms in total. The molecule has 0 amide bonds. The van der Waals surface area contributed by atoms with Gasteiger partial charge in [0, 0.05) is 18.3 Å². The fraction of sp³-hybridized carbons (Fsp3) is 0.700. The van der Waals surface area contributed by atoms with Gasteiger partial charge in [-0.2, -0.15) is 0 Å².